The van der Waals surface area contributed by atoms with E-state index in [-0.39, 0.29) is 11.8 Å². The number of carbonyl (C=O) groups excluding carboxylic acids is 2. The average Bonchev–Trinajstić information content (AvgIpc) is 3.45. The molecular weight excluding hydrogens is 336 g/mol. The number of carbonyl (C=O) groups is 2. The summed E-state index contributed by atoms with van der Waals surface area (Å²) in [6, 6.07) is 12.7. The van der Waals surface area contributed by atoms with Crippen LogP contribution >= 0.6 is 11.8 Å². The van der Waals surface area contributed by atoms with E-state index in [1.54, 1.807) is 49.2 Å². The minimum atomic E-state index is -0.250. The molecule has 1 aliphatic carbocycles. The number of benzene rings is 2. The van der Waals surface area contributed by atoms with Crippen molar-refractivity contribution in [2.24, 2.45) is 0 Å². The molecule has 25 heavy (non-hydrogen) atoms. The number of hydrogen-bond acceptors (Lipinski definition) is 4. The highest BCUT2D eigenvalue weighted by Crippen LogP contribution is 2.26. The molecule has 2 aromatic rings. The van der Waals surface area contributed by atoms with Gasteiger partial charge in [-0.1, -0.05) is 0 Å². The Bertz CT molecular complexity index is 786. The summed E-state index contributed by atoms with van der Waals surface area (Å²) in [7, 11) is 1.55. The number of amides is 2. The molecule has 2 aromatic carbocycles. The zero-order valence-corrected chi connectivity index (χ0v) is 15.0. The monoisotopic (exact) mass is 356 g/mol. The Hall–Kier alpha value is -2.47. The van der Waals surface area contributed by atoms with E-state index in [0.717, 1.165) is 17.7 Å². The zero-order chi connectivity index (χ0) is 17.8. The van der Waals surface area contributed by atoms with Crippen molar-refractivity contribution in [3.05, 3.63) is 53.6 Å². The number of rotatable bonds is 6. The van der Waals surface area contributed by atoms with Crippen LogP contribution in [0.2, 0.25) is 0 Å². The second kappa shape index (κ2) is 7.61. The lowest BCUT2D eigenvalue weighted by atomic mass is 10.1. The van der Waals surface area contributed by atoms with Gasteiger partial charge in [-0.15, -0.1) is 11.8 Å². The lowest BCUT2D eigenvalue weighted by Crippen LogP contribution is -2.25. The van der Waals surface area contributed by atoms with E-state index in [4.69, 9.17) is 4.74 Å². The summed E-state index contributed by atoms with van der Waals surface area (Å²) < 4.78 is 5.31. The van der Waals surface area contributed by atoms with Crippen LogP contribution in [0.3, 0.4) is 0 Å². The number of nitrogens with one attached hydrogen (secondary N) is 2. The summed E-state index contributed by atoms with van der Waals surface area (Å²) in [5.41, 5.74) is 1.69. The third-order valence-electron chi connectivity index (χ3n) is 3.97. The van der Waals surface area contributed by atoms with E-state index in [1.807, 2.05) is 18.4 Å². The van der Waals surface area contributed by atoms with E-state index in [2.05, 4.69) is 10.6 Å². The van der Waals surface area contributed by atoms with Gasteiger partial charge in [0.1, 0.15) is 5.75 Å². The van der Waals surface area contributed by atoms with Crippen molar-refractivity contribution in [2.45, 2.75) is 23.8 Å². The molecule has 0 bridgehead atoms. The Labute approximate surface area is 151 Å². The molecule has 1 aliphatic rings. The molecule has 2 amide bonds. The molecular formula is C19H20N2O3S. The minimum absolute atomic E-state index is 0.0744. The summed E-state index contributed by atoms with van der Waals surface area (Å²) >= 11 is 1.59. The molecule has 0 aliphatic heterocycles. The first kappa shape index (κ1) is 17.4. The largest absolute Gasteiger partial charge is 0.496 e. The van der Waals surface area contributed by atoms with Crippen molar-refractivity contribution in [3.63, 3.8) is 0 Å². The van der Waals surface area contributed by atoms with Crippen molar-refractivity contribution >= 4 is 29.3 Å². The van der Waals surface area contributed by atoms with Crippen LogP contribution in [-0.4, -0.2) is 31.2 Å². The molecule has 5 nitrogen and oxygen atoms in total. The smallest absolute Gasteiger partial charge is 0.259 e. The Morgan fingerprint density at radius 1 is 1.08 bits per heavy atom. The van der Waals surface area contributed by atoms with Gasteiger partial charge in [0.05, 0.1) is 12.7 Å². The Balaban J connectivity index is 1.69. The summed E-state index contributed by atoms with van der Waals surface area (Å²) in [4.78, 5) is 25.5. The molecule has 0 heterocycles. The van der Waals surface area contributed by atoms with Crippen LogP contribution < -0.4 is 15.4 Å². The second-order valence-electron chi connectivity index (χ2n) is 5.85. The van der Waals surface area contributed by atoms with Gasteiger partial charge in [0.15, 0.2) is 0 Å². The third-order valence-corrected chi connectivity index (χ3v) is 4.70. The number of ether oxygens (including phenoxy) is 1. The highest BCUT2D eigenvalue weighted by atomic mass is 32.2. The van der Waals surface area contributed by atoms with E-state index in [1.165, 1.54) is 0 Å². The van der Waals surface area contributed by atoms with Crippen LogP contribution in [0.25, 0.3) is 0 Å². The predicted molar refractivity (Wildman–Crippen MR) is 99.7 cm³/mol. The maximum absolute atomic E-state index is 12.5. The molecule has 1 saturated carbocycles. The second-order valence-corrected chi connectivity index (χ2v) is 6.73. The first-order chi connectivity index (χ1) is 12.1. The molecule has 0 saturated heterocycles. The zero-order valence-electron chi connectivity index (χ0n) is 14.2. The molecule has 1 fully saturated rings. The van der Waals surface area contributed by atoms with Crippen molar-refractivity contribution in [1.29, 1.82) is 0 Å². The predicted octanol–water partition coefficient (Wildman–Crippen LogP) is 3.56. The van der Waals surface area contributed by atoms with Crippen molar-refractivity contribution in [2.75, 3.05) is 18.7 Å². The average molecular weight is 356 g/mol. The van der Waals surface area contributed by atoms with Crippen LogP contribution in [0.1, 0.15) is 33.6 Å². The normalized spacial score (nSPS) is 13.2. The fraction of sp³-hybridized carbons (Fsp3) is 0.263. The maximum atomic E-state index is 12.5. The van der Waals surface area contributed by atoms with Crippen LogP contribution in [0.4, 0.5) is 5.69 Å². The number of methoxy groups -OCH3 is 1. The Kier molecular flexibility index (Phi) is 5.28. The van der Waals surface area contributed by atoms with E-state index < -0.39 is 0 Å². The van der Waals surface area contributed by atoms with Crippen molar-refractivity contribution in [3.8, 4) is 5.75 Å². The first-order valence-corrected chi connectivity index (χ1v) is 9.27. The highest BCUT2D eigenvalue weighted by Gasteiger charge is 2.23. The molecule has 130 valence electrons. The standard InChI is InChI=1S/C19H20N2O3S/c1-24-17-11-15(25-2)9-10-16(17)19(23)21-13-5-3-12(4-6-13)18(22)20-14-7-8-14/h3-6,9-11,14H,7-8H2,1-2H3,(H,20,22)(H,21,23). The molecule has 0 aromatic heterocycles. The summed E-state index contributed by atoms with van der Waals surface area (Å²) in [6.45, 7) is 0. The van der Waals surface area contributed by atoms with Gasteiger partial charge in [-0.3, -0.25) is 9.59 Å². The topological polar surface area (TPSA) is 67.4 Å². The first-order valence-electron chi connectivity index (χ1n) is 8.05. The van der Waals surface area contributed by atoms with Crippen molar-refractivity contribution < 1.29 is 14.3 Å². The Morgan fingerprint density at radius 3 is 2.40 bits per heavy atom. The van der Waals surface area contributed by atoms with Crippen LogP contribution in [0, 0.1) is 0 Å². The molecule has 0 atom stereocenters. The van der Waals surface area contributed by atoms with Gasteiger partial charge < -0.3 is 15.4 Å². The number of thioether (sulfide) groups is 1. The van der Waals surface area contributed by atoms with Gasteiger partial charge in [0.2, 0.25) is 0 Å². The van der Waals surface area contributed by atoms with Gasteiger partial charge in [-0.25, -0.2) is 0 Å². The van der Waals surface area contributed by atoms with Gasteiger partial charge in [0, 0.05) is 22.2 Å². The SMILES string of the molecule is COc1cc(SC)ccc1C(=O)Nc1ccc(C(=O)NC2CC2)cc1. The highest BCUT2D eigenvalue weighted by molar-refractivity contribution is 7.98. The van der Waals surface area contributed by atoms with Crippen LogP contribution in [-0.2, 0) is 0 Å². The van der Waals surface area contributed by atoms with Gasteiger partial charge in [-0.2, -0.15) is 0 Å². The molecule has 0 unspecified atom stereocenters. The minimum Gasteiger partial charge on any atom is -0.496 e. The Morgan fingerprint density at radius 2 is 1.80 bits per heavy atom. The van der Waals surface area contributed by atoms with Crippen LogP contribution in [0.5, 0.6) is 5.75 Å². The molecule has 6 heteroatoms. The van der Waals surface area contributed by atoms with Gasteiger partial charge in [0.25, 0.3) is 11.8 Å². The molecule has 0 spiro atoms. The fourth-order valence-electron chi connectivity index (χ4n) is 2.39. The van der Waals surface area contributed by atoms with Gasteiger partial charge >= 0.3 is 0 Å². The maximum Gasteiger partial charge on any atom is 0.259 e. The van der Waals surface area contributed by atoms with Gasteiger partial charge in [-0.05, 0) is 61.6 Å². The third kappa shape index (κ3) is 4.33. The summed E-state index contributed by atoms with van der Waals surface area (Å²) in [5.74, 6) is 0.208. The number of hydrogen-bond donors (Lipinski definition) is 2. The van der Waals surface area contributed by atoms with Crippen LogP contribution in [0.15, 0.2) is 47.4 Å². The molecule has 3 rings (SSSR count). The summed E-state index contributed by atoms with van der Waals surface area (Å²) in [6.07, 6.45) is 4.07. The fourth-order valence-corrected chi connectivity index (χ4v) is 2.81. The number of anilines is 1. The molecule has 0 radical (unpaired) electrons. The van der Waals surface area contributed by atoms with E-state index in [9.17, 15) is 9.59 Å². The van der Waals surface area contributed by atoms with E-state index >= 15 is 0 Å². The summed E-state index contributed by atoms with van der Waals surface area (Å²) in [5, 5.41) is 5.77. The quantitative estimate of drug-likeness (QED) is 0.777. The van der Waals surface area contributed by atoms with Crippen molar-refractivity contribution in [1.82, 2.24) is 5.32 Å². The lowest BCUT2D eigenvalue weighted by molar-refractivity contribution is 0.0950. The van der Waals surface area contributed by atoms with E-state index in [0.29, 0.717) is 28.6 Å². The lowest BCUT2D eigenvalue weighted by Gasteiger charge is -2.11. The molecule has 2 N–H and O–H groups in total.